The van der Waals surface area contributed by atoms with E-state index in [1.54, 1.807) is 0 Å². The molecule has 136 valence electrons. The summed E-state index contributed by atoms with van der Waals surface area (Å²) in [5, 5.41) is 0. The summed E-state index contributed by atoms with van der Waals surface area (Å²) < 4.78 is 0. The van der Waals surface area contributed by atoms with E-state index in [1.165, 1.54) is 6.42 Å². The molecule has 0 aromatic rings. The van der Waals surface area contributed by atoms with Gasteiger partial charge in [0.05, 0.1) is 0 Å². The first kappa shape index (κ1) is 17.7. The normalized spacial score (nSPS) is 28.9. The summed E-state index contributed by atoms with van der Waals surface area (Å²) in [6.45, 7) is 13.9. The minimum Gasteiger partial charge on any atom is -0.342 e. The molecule has 0 spiro atoms. The van der Waals surface area contributed by atoms with Gasteiger partial charge in [0, 0.05) is 55.6 Å². The van der Waals surface area contributed by atoms with E-state index in [2.05, 4.69) is 23.6 Å². The van der Waals surface area contributed by atoms with Crippen molar-refractivity contribution in [2.45, 2.75) is 72.0 Å². The molecule has 0 aromatic heterocycles. The van der Waals surface area contributed by atoms with Crippen LogP contribution in [0, 0.1) is 11.3 Å². The highest BCUT2D eigenvalue weighted by molar-refractivity contribution is 5.83. The number of carbonyl (C=O) groups is 2. The number of rotatable bonds is 2. The van der Waals surface area contributed by atoms with Gasteiger partial charge in [-0.15, -0.1) is 0 Å². The van der Waals surface area contributed by atoms with E-state index in [1.807, 2.05) is 25.7 Å². The molecule has 24 heavy (non-hydrogen) atoms. The Morgan fingerprint density at radius 2 is 1.54 bits per heavy atom. The van der Waals surface area contributed by atoms with Gasteiger partial charge in [0.25, 0.3) is 0 Å². The minimum atomic E-state index is -0.328. The number of nitrogens with zero attached hydrogens (tertiary/aromatic N) is 3. The predicted molar refractivity (Wildman–Crippen MR) is 94.5 cm³/mol. The smallest absolute Gasteiger partial charge is 0.227 e. The number of amides is 2. The zero-order valence-corrected chi connectivity index (χ0v) is 15.9. The third-order valence-corrected chi connectivity index (χ3v) is 5.98. The Hall–Kier alpha value is -1.10. The van der Waals surface area contributed by atoms with E-state index in [0.29, 0.717) is 24.0 Å². The van der Waals surface area contributed by atoms with Crippen LogP contribution in [-0.2, 0) is 9.59 Å². The summed E-state index contributed by atoms with van der Waals surface area (Å²) in [6, 6.07) is 1.42. The molecule has 4 rings (SSSR count). The molecule has 2 amide bonds. The number of piperidine rings is 2. The van der Waals surface area contributed by atoms with Crippen LogP contribution in [-0.4, -0.2) is 70.8 Å². The standard InChI is InChI=1S/C19H33N3O2/c1-13(2)21-11-15-10-16(12-21)22(15)17(23)14-6-8-20(9-7-14)18(24)19(3,4)5/h13-16H,6-12H2,1-5H3. The number of hydrogen-bond acceptors (Lipinski definition) is 3. The average molecular weight is 335 g/mol. The first-order valence-corrected chi connectivity index (χ1v) is 9.54. The van der Waals surface area contributed by atoms with Crippen LogP contribution < -0.4 is 0 Å². The summed E-state index contributed by atoms with van der Waals surface area (Å²) >= 11 is 0. The Morgan fingerprint density at radius 1 is 1.00 bits per heavy atom. The maximum absolute atomic E-state index is 12.9. The largest absolute Gasteiger partial charge is 0.342 e. The molecule has 4 heterocycles. The van der Waals surface area contributed by atoms with Crippen molar-refractivity contribution < 1.29 is 9.59 Å². The molecule has 0 aromatic carbocycles. The van der Waals surface area contributed by atoms with Gasteiger partial charge in [0.15, 0.2) is 0 Å². The molecule has 5 heteroatoms. The van der Waals surface area contributed by atoms with Crippen LogP contribution >= 0.6 is 0 Å². The first-order valence-electron chi connectivity index (χ1n) is 9.54. The molecule has 4 aliphatic heterocycles. The number of carbonyl (C=O) groups excluding carboxylic acids is 2. The van der Waals surface area contributed by atoms with Crippen LogP contribution in [0.4, 0.5) is 0 Å². The van der Waals surface area contributed by atoms with Crippen LogP contribution in [0.5, 0.6) is 0 Å². The summed E-state index contributed by atoms with van der Waals surface area (Å²) in [6.07, 6.45) is 2.82. The van der Waals surface area contributed by atoms with Gasteiger partial charge in [-0.05, 0) is 33.1 Å². The summed E-state index contributed by atoms with van der Waals surface area (Å²) in [7, 11) is 0. The van der Waals surface area contributed by atoms with Crippen molar-refractivity contribution in [1.82, 2.24) is 14.7 Å². The van der Waals surface area contributed by atoms with Crippen molar-refractivity contribution in [3.8, 4) is 0 Å². The highest BCUT2D eigenvalue weighted by Crippen LogP contribution is 2.36. The lowest BCUT2D eigenvalue weighted by Gasteiger charge is -2.58. The fourth-order valence-electron chi connectivity index (χ4n) is 4.44. The molecule has 4 saturated heterocycles. The number of fused-ring (bicyclic) bond motifs is 2. The first-order chi connectivity index (χ1) is 11.2. The van der Waals surface area contributed by atoms with Gasteiger partial charge < -0.3 is 9.80 Å². The van der Waals surface area contributed by atoms with Gasteiger partial charge in [-0.2, -0.15) is 0 Å². The van der Waals surface area contributed by atoms with Crippen LogP contribution in [0.3, 0.4) is 0 Å². The van der Waals surface area contributed by atoms with E-state index in [4.69, 9.17) is 0 Å². The van der Waals surface area contributed by atoms with E-state index >= 15 is 0 Å². The highest BCUT2D eigenvalue weighted by atomic mass is 16.2. The average Bonchev–Trinajstić information content (AvgIpc) is 2.53. The van der Waals surface area contributed by atoms with Crippen molar-refractivity contribution in [2.24, 2.45) is 11.3 Å². The number of likely N-dealkylation sites (tertiary alicyclic amines) is 1. The molecular weight excluding hydrogens is 302 g/mol. The van der Waals surface area contributed by atoms with E-state index in [9.17, 15) is 9.59 Å². The van der Waals surface area contributed by atoms with Crippen molar-refractivity contribution in [2.75, 3.05) is 26.2 Å². The van der Waals surface area contributed by atoms with Crippen LogP contribution in [0.15, 0.2) is 0 Å². The number of hydrogen-bond donors (Lipinski definition) is 0. The fraction of sp³-hybridized carbons (Fsp3) is 0.895. The van der Waals surface area contributed by atoms with E-state index in [0.717, 1.165) is 39.0 Å². The Kier molecular flexibility index (Phi) is 4.67. The maximum Gasteiger partial charge on any atom is 0.227 e. The second-order valence-corrected chi connectivity index (χ2v) is 9.15. The fourth-order valence-corrected chi connectivity index (χ4v) is 4.44. The Bertz CT molecular complexity index is 491. The molecule has 2 atom stereocenters. The second kappa shape index (κ2) is 6.32. The van der Waals surface area contributed by atoms with Gasteiger partial charge >= 0.3 is 0 Å². The lowest BCUT2D eigenvalue weighted by atomic mass is 9.83. The summed E-state index contributed by atoms with van der Waals surface area (Å²) in [5.41, 5.74) is -0.328. The van der Waals surface area contributed by atoms with Crippen molar-refractivity contribution in [3.05, 3.63) is 0 Å². The van der Waals surface area contributed by atoms with E-state index in [-0.39, 0.29) is 17.2 Å². The summed E-state index contributed by atoms with van der Waals surface area (Å²) in [4.78, 5) is 31.9. The molecule has 4 fully saturated rings. The topological polar surface area (TPSA) is 43.9 Å². The Morgan fingerprint density at radius 3 is 2.00 bits per heavy atom. The van der Waals surface area contributed by atoms with Gasteiger partial charge in [-0.1, -0.05) is 20.8 Å². The monoisotopic (exact) mass is 335 g/mol. The zero-order chi connectivity index (χ0) is 17.6. The molecule has 0 radical (unpaired) electrons. The third-order valence-electron chi connectivity index (χ3n) is 5.98. The maximum atomic E-state index is 12.9. The molecular formula is C19H33N3O2. The van der Waals surface area contributed by atoms with Crippen LogP contribution in [0.2, 0.25) is 0 Å². The molecule has 5 nitrogen and oxygen atoms in total. The van der Waals surface area contributed by atoms with Crippen molar-refractivity contribution in [1.29, 1.82) is 0 Å². The van der Waals surface area contributed by atoms with Gasteiger partial charge in [0.1, 0.15) is 0 Å². The second-order valence-electron chi connectivity index (χ2n) is 9.15. The molecule has 2 unspecified atom stereocenters. The zero-order valence-electron chi connectivity index (χ0n) is 15.9. The van der Waals surface area contributed by atoms with Crippen molar-refractivity contribution >= 4 is 11.8 Å². The van der Waals surface area contributed by atoms with E-state index < -0.39 is 0 Å². The van der Waals surface area contributed by atoms with Gasteiger partial charge in [0.2, 0.25) is 11.8 Å². The minimum absolute atomic E-state index is 0.116. The lowest BCUT2D eigenvalue weighted by molar-refractivity contribution is -0.162. The van der Waals surface area contributed by atoms with Crippen LogP contribution in [0.25, 0.3) is 0 Å². The molecule has 0 N–H and O–H groups in total. The van der Waals surface area contributed by atoms with Crippen molar-refractivity contribution in [3.63, 3.8) is 0 Å². The Balaban J connectivity index is 1.53. The molecule has 0 aliphatic carbocycles. The predicted octanol–water partition coefficient (Wildman–Crippen LogP) is 1.96. The molecule has 0 saturated carbocycles. The van der Waals surface area contributed by atoms with Crippen LogP contribution in [0.1, 0.15) is 53.9 Å². The SMILES string of the molecule is CC(C)N1CC2CC(C1)N2C(=O)C1CCN(C(=O)C(C)(C)C)CC1. The molecule has 2 bridgehead atoms. The lowest BCUT2D eigenvalue weighted by Crippen LogP contribution is -2.71. The Labute approximate surface area is 146 Å². The number of piperazine rings is 1. The van der Waals surface area contributed by atoms with Gasteiger partial charge in [-0.25, -0.2) is 0 Å². The highest BCUT2D eigenvalue weighted by Gasteiger charge is 2.49. The quantitative estimate of drug-likeness (QED) is 0.775. The third kappa shape index (κ3) is 3.19. The van der Waals surface area contributed by atoms with Gasteiger partial charge in [-0.3, -0.25) is 14.5 Å². The summed E-state index contributed by atoms with van der Waals surface area (Å²) in [5.74, 6) is 0.675. The molecule has 4 aliphatic rings.